The molecule has 0 saturated heterocycles. The van der Waals surface area contributed by atoms with E-state index in [0.29, 0.717) is 30.0 Å². The van der Waals surface area contributed by atoms with Crippen LogP contribution >= 0.6 is 19.4 Å². The van der Waals surface area contributed by atoms with Crippen LogP contribution in [0.1, 0.15) is 61.7 Å². The quantitative estimate of drug-likeness (QED) is 0.186. The maximum atomic E-state index is 12.2. The number of ether oxygens (including phenoxy) is 1. The van der Waals surface area contributed by atoms with Gasteiger partial charge in [-0.05, 0) is 55.7 Å². The normalized spacial score (nSPS) is 12.8. The number of rotatable bonds is 19. The summed E-state index contributed by atoms with van der Waals surface area (Å²) in [6.07, 6.45) is 7.82. The van der Waals surface area contributed by atoms with Crippen molar-refractivity contribution in [1.82, 2.24) is 5.32 Å². The zero-order valence-corrected chi connectivity index (χ0v) is 21.6. The summed E-state index contributed by atoms with van der Waals surface area (Å²) in [6.45, 7) is 2.82. The Morgan fingerprint density at radius 1 is 0.970 bits per heavy atom. The highest BCUT2D eigenvalue weighted by Gasteiger charge is 2.09. The number of nitrogens with one attached hydrogen (secondary N) is 2. The van der Waals surface area contributed by atoms with Crippen molar-refractivity contribution in [3.63, 3.8) is 0 Å². The van der Waals surface area contributed by atoms with Crippen molar-refractivity contribution in [2.24, 2.45) is 0 Å². The number of benzene rings is 1. The number of amides is 2. The van der Waals surface area contributed by atoms with Gasteiger partial charge in [-0.15, -0.1) is 0 Å². The Bertz CT molecular complexity index is 726. The number of anilines is 1. The molecule has 8 nitrogen and oxygen atoms in total. The molecule has 0 saturated carbocycles. The highest BCUT2D eigenvalue weighted by molar-refractivity contribution is 7.99. The van der Waals surface area contributed by atoms with E-state index in [1.54, 1.807) is 43.1 Å². The van der Waals surface area contributed by atoms with Gasteiger partial charge in [0.05, 0.1) is 12.4 Å². The molecule has 1 aromatic rings. The number of hydrogen-bond acceptors (Lipinski definition) is 6. The first-order valence-corrected chi connectivity index (χ1v) is 14.7. The number of methoxy groups -OCH3 is 1. The molecular weight excluding hydrogens is 463 g/mol. The first-order valence-electron chi connectivity index (χ1n) is 11.5. The molecule has 10 heteroatoms. The lowest BCUT2D eigenvalue weighted by Crippen LogP contribution is -2.24. The van der Waals surface area contributed by atoms with Crippen LogP contribution in [0.5, 0.6) is 0 Å². The van der Waals surface area contributed by atoms with Crippen molar-refractivity contribution in [1.29, 1.82) is 0 Å². The number of carbonyl (C=O) groups excluding carboxylic acids is 2. The molecule has 0 bridgehead atoms. The van der Waals surface area contributed by atoms with Gasteiger partial charge < -0.3 is 24.8 Å². The van der Waals surface area contributed by atoms with Crippen molar-refractivity contribution in [2.75, 3.05) is 50.4 Å². The van der Waals surface area contributed by atoms with Crippen LogP contribution in [-0.4, -0.2) is 61.7 Å². The molecule has 2 amide bonds. The minimum absolute atomic E-state index is 0.0391. The molecule has 1 atom stereocenters. The summed E-state index contributed by atoms with van der Waals surface area (Å²) in [5.41, 5.74) is 1.23. The molecule has 0 heterocycles. The Balaban J connectivity index is 2.12. The standard InChI is InChI=1S/C23H39N2O6PS/c1-30-16-8-5-6-10-18-33-19-22(26)25-21-13-11-20(12-14-21)23(27)24-15-7-3-4-9-17-31-32(2,28)29/h11-14H,3-10,15-19H2,1-2H3,(H,24,27)(H,25,26)(H,28,29). The van der Waals surface area contributed by atoms with E-state index in [4.69, 9.17) is 14.2 Å². The summed E-state index contributed by atoms with van der Waals surface area (Å²) < 4.78 is 20.8. The maximum Gasteiger partial charge on any atom is 0.325 e. The lowest BCUT2D eigenvalue weighted by Gasteiger charge is -2.08. The lowest BCUT2D eigenvalue weighted by atomic mass is 10.1. The van der Waals surface area contributed by atoms with Crippen LogP contribution in [-0.2, 0) is 18.6 Å². The van der Waals surface area contributed by atoms with Crippen molar-refractivity contribution < 1.29 is 28.3 Å². The highest BCUT2D eigenvalue weighted by atomic mass is 32.2. The van der Waals surface area contributed by atoms with Crippen LogP contribution in [0.15, 0.2) is 24.3 Å². The van der Waals surface area contributed by atoms with Gasteiger partial charge in [-0.2, -0.15) is 11.8 Å². The molecule has 0 aliphatic heterocycles. The molecular formula is C23H39N2O6PS. The van der Waals surface area contributed by atoms with E-state index in [1.807, 2.05) is 0 Å². The third-order valence-electron chi connectivity index (χ3n) is 4.74. The fraction of sp³-hybridized carbons (Fsp3) is 0.652. The molecule has 1 unspecified atom stereocenters. The van der Waals surface area contributed by atoms with E-state index in [1.165, 1.54) is 6.66 Å². The summed E-state index contributed by atoms with van der Waals surface area (Å²) in [7, 11) is -1.67. The van der Waals surface area contributed by atoms with Gasteiger partial charge in [0.1, 0.15) is 0 Å². The smallest absolute Gasteiger partial charge is 0.325 e. The zero-order valence-electron chi connectivity index (χ0n) is 19.8. The van der Waals surface area contributed by atoms with E-state index < -0.39 is 7.60 Å². The summed E-state index contributed by atoms with van der Waals surface area (Å²) in [6, 6.07) is 6.88. The molecule has 33 heavy (non-hydrogen) atoms. The molecule has 188 valence electrons. The largest absolute Gasteiger partial charge is 0.385 e. The van der Waals surface area contributed by atoms with Crippen LogP contribution in [0.3, 0.4) is 0 Å². The van der Waals surface area contributed by atoms with Crippen molar-refractivity contribution in [3.8, 4) is 0 Å². The first kappa shape index (κ1) is 29.7. The topological polar surface area (TPSA) is 114 Å². The Morgan fingerprint density at radius 2 is 1.61 bits per heavy atom. The molecule has 0 aliphatic rings. The van der Waals surface area contributed by atoms with Crippen LogP contribution in [0.25, 0.3) is 0 Å². The first-order chi connectivity index (χ1) is 15.8. The van der Waals surface area contributed by atoms with E-state index in [0.717, 1.165) is 57.3 Å². The summed E-state index contributed by atoms with van der Waals surface area (Å²) in [5.74, 6) is 1.20. The summed E-state index contributed by atoms with van der Waals surface area (Å²) in [5, 5.41) is 5.74. The van der Waals surface area contributed by atoms with Crippen molar-refractivity contribution in [3.05, 3.63) is 29.8 Å². The van der Waals surface area contributed by atoms with Gasteiger partial charge in [0.2, 0.25) is 5.91 Å². The van der Waals surface area contributed by atoms with Gasteiger partial charge in [-0.1, -0.05) is 25.7 Å². The Morgan fingerprint density at radius 3 is 2.27 bits per heavy atom. The van der Waals surface area contributed by atoms with Gasteiger partial charge in [0.25, 0.3) is 5.91 Å². The minimum atomic E-state index is -3.38. The van der Waals surface area contributed by atoms with Crippen LogP contribution in [0, 0.1) is 0 Å². The molecule has 0 fully saturated rings. The predicted octanol–water partition coefficient (Wildman–Crippen LogP) is 4.69. The molecule has 1 aromatic carbocycles. The average molecular weight is 503 g/mol. The van der Waals surface area contributed by atoms with Gasteiger partial charge in [0, 0.05) is 38.2 Å². The van der Waals surface area contributed by atoms with E-state index in [-0.39, 0.29) is 18.4 Å². The minimum Gasteiger partial charge on any atom is -0.385 e. The zero-order chi connectivity index (χ0) is 24.4. The predicted molar refractivity (Wildman–Crippen MR) is 135 cm³/mol. The number of hydrogen-bond donors (Lipinski definition) is 3. The lowest BCUT2D eigenvalue weighted by molar-refractivity contribution is -0.113. The Labute approximate surface area is 202 Å². The summed E-state index contributed by atoms with van der Waals surface area (Å²) >= 11 is 1.63. The second-order valence-corrected chi connectivity index (χ2v) is 10.9. The van der Waals surface area contributed by atoms with Crippen LogP contribution in [0.4, 0.5) is 5.69 Å². The summed E-state index contributed by atoms with van der Waals surface area (Å²) in [4.78, 5) is 33.3. The second kappa shape index (κ2) is 18.0. The SMILES string of the molecule is COCCCCCCSCC(=O)Nc1ccc(C(=O)NCCCCCCOP(C)(=O)O)cc1. The second-order valence-electron chi connectivity index (χ2n) is 7.89. The molecule has 3 N–H and O–H groups in total. The van der Waals surface area contributed by atoms with Gasteiger partial charge in [-0.3, -0.25) is 14.2 Å². The number of carbonyl (C=O) groups is 2. The Kier molecular flexibility index (Phi) is 16.2. The Hall–Kier alpha value is -1.38. The molecule has 0 radical (unpaired) electrons. The van der Waals surface area contributed by atoms with Crippen molar-refractivity contribution >= 4 is 36.9 Å². The third kappa shape index (κ3) is 16.8. The monoisotopic (exact) mass is 502 g/mol. The van der Waals surface area contributed by atoms with Crippen molar-refractivity contribution in [2.45, 2.75) is 51.4 Å². The third-order valence-corrected chi connectivity index (χ3v) is 6.44. The molecule has 0 aliphatic carbocycles. The average Bonchev–Trinajstić information content (AvgIpc) is 2.77. The fourth-order valence-corrected chi connectivity index (χ4v) is 4.27. The fourth-order valence-electron chi connectivity index (χ4n) is 2.99. The molecule has 1 rings (SSSR count). The van der Waals surface area contributed by atoms with E-state index in [2.05, 4.69) is 10.6 Å². The van der Waals surface area contributed by atoms with Gasteiger partial charge in [-0.25, -0.2) is 0 Å². The molecule has 0 spiro atoms. The van der Waals surface area contributed by atoms with Gasteiger partial charge >= 0.3 is 7.60 Å². The number of unbranched alkanes of at least 4 members (excludes halogenated alkanes) is 6. The highest BCUT2D eigenvalue weighted by Crippen LogP contribution is 2.36. The van der Waals surface area contributed by atoms with E-state index >= 15 is 0 Å². The number of thioether (sulfide) groups is 1. The van der Waals surface area contributed by atoms with E-state index in [9.17, 15) is 14.2 Å². The maximum absolute atomic E-state index is 12.2. The molecule has 0 aromatic heterocycles. The van der Waals surface area contributed by atoms with Gasteiger partial charge in [0.15, 0.2) is 0 Å². The van der Waals surface area contributed by atoms with Crippen LogP contribution in [0.2, 0.25) is 0 Å². The van der Waals surface area contributed by atoms with Crippen LogP contribution < -0.4 is 10.6 Å².